The summed E-state index contributed by atoms with van der Waals surface area (Å²) in [6.45, 7) is 30.9. The molecule has 0 rings (SSSR count). The average Bonchev–Trinajstić information content (AvgIpc) is 2.57. The Morgan fingerprint density at radius 2 is 1.30 bits per heavy atom. The van der Waals surface area contributed by atoms with Gasteiger partial charge in [-0.25, -0.2) is 0 Å². The highest BCUT2D eigenvalue weighted by atomic mass is 28.3. The number of hydrogen-bond donors (Lipinski definition) is 0. The van der Waals surface area contributed by atoms with Gasteiger partial charge >= 0.3 is 0 Å². The molecule has 0 aromatic heterocycles. The summed E-state index contributed by atoms with van der Waals surface area (Å²) in [5.74, 6) is 2.25. The van der Waals surface area contributed by atoms with Crippen LogP contribution in [0.3, 0.4) is 0 Å². The van der Waals surface area contributed by atoms with Crippen molar-refractivity contribution in [1.29, 1.82) is 0 Å². The minimum absolute atomic E-state index is 0.402. The monoisotopic (exact) mass is 440 g/mol. The van der Waals surface area contributed by atoms with Crippen LogP contribution in [-0.4, -0.2) is 21.3 Å². The van der Waals surface area contributed by atoms with Gasteiger partial charge in [-0.1, -0.05) is 113 Å². The summed E-state index contributed by atoms with van der Waals surface area (Å²) in [6.07, 6.45) is 6.55. The zero-order chi connectivity index (χ0) is 23.6. The van der Waals surface area contributed by atoms with E-state index < -0.39 is 8.07 Å². The van der Waals surface area contributed by atoms with Gasteiger partial charge in [-0.05, 0) is 54.3 Å². The second-order valence-electron chi connectivity index (χ2n) is 13.4. The number of rotatable bonds is 15. The Kier molecular flexibility index (Phi) is 13.7. The van der Waals surface area contributed by atoms with Crippen molar-refractivity contribution in [3.63, 3.8) is 0 Å². The molecule has 0 aliphatic heterocycles. The van der Waals surface area contributed by atoms with Gasteiger partial charge in [-0.3, -0.25) is 0 Å². The maximum atomic E-state index is 6.35. The first-order valence-corrected chi connectivity index (χ1v) is 15.9. The Morgan fingerprint density at radius 3 is 1.73 bits per heavy atom. The van der Waals surface area contributed by atoms with Crippen LogP contribution < -0.4 is 0 Å². The minimum atomic E-state index is -1.08. The average molecular weight is 441 g/mol. The van der Waals surface area contributed by atoms with Gasteiger partial charge in [0.15, 0.2) is 0 Å². The fourth-order valence-electron chi connectivity index (χ4n) is 5.78. The highest BCUT2D eigenvalue weighted by Crippen LogP contribution is 2.35. The molecule has 30 heavy (non-hydrogen) atoms. The van der Waals surface area contributed by atoms with Crippen LogP contribution in [-0.2, 0) is 4.74 Å². The van der Waals surface area contributed by atoms with E-state index in [1.54, 1.807) is 0 Å². The summed E-state index contributed by atoms with van der Waals surface area (Å²) >= 11 is 0. The summed E-state index contributed by atoms with van der Waals surface area (Å²) in [4.78, 5) is 0. The highest BCUT2D eigenvalue weighted by molar-refractivity contribution is 6.80. The molecule has 0 bridgehead atoms. The van der Waals surface area contributed by atoms with Crippen LogP contribution in [0.15, 0.2) is 0 Å². The van der Waals surface area contributed by atoms with Gasteiger partial charge in [0.25, 0.3) is 0 Å². The molecule has 0 radical (unpaired) electrons. The van der Waals surface area contributed by atoms with Crippen LogP contribution in [0.5, 0.6) is 0 Å². The van der Waals surface area contributed by atoms with E-state index in [0.29, 0.717) is 16.7 Å². The predicted octanol–water partition coefficient (Wildman–Crippen LogP) is 9.83. The third kappa shape index (κ3) is 12.9. The van der Waals surface area contributed by atoms with Gasteiger partial charge in [-0.15, -0.1) is 0 Å². The third-order valence-electron chi connectivity index (χ3n) is 7.66. The molecule has 0 N–H and O–H groups in total. The zero-order valence-corrected chi connectivity index (χ0v) is 24.3. The SMILES string of the molecule is CC[Si](CC)(CCCOCC(CCC(C)CC(C)(C)C)C(C)CC(C)(C)C)C(C)C. The van der Waals surface area contributed by atoms with Crippen molar-refractivity contribution in [2.75, 3.05) is 13.2 Å². The number of hydrogen-bond acceptors (Lipinski definition) is 1. The van der Waals surface area contributed by atoms with Gasteiger partial charge in [0.05, 0.1) is 8.07 Å². The first kappa shape index (κ1) is 30.2. The Balaban J connectivity index is 4.70. The van der Waals surface area contributed by atoms with Gasteiger partial charge in [0, 0.05) is 13.2 Å². The molecule has 0 aromatic carbocycles. The van der Waals surface area contributed by atoms with Crippen molar-refractivity contribution in [3.8, 4) is 0 Å². The Hall–Kier alpha value is 0.177. The molecule has 182 valence electrons. The fraction of sp³-hybridized carbons (Fsp3) is 1.00. The summed E-state index contributed by atoms with van der Waals surface area (Å²) < 4.78 is 6.35. The van der Waals surface area contributed by atoms with E-state index in [1.807, 2.05) is 0 Å². The van der Waals surface area contributed by atoms with Crippen LogP contribution in [0.25, 0.3) is 0 Å². The first-order chi connectivity index (χ1) is 13.7. The zero-order valence-electron chi connectivity index (χ0n) is 23.3. The molecule has 3 atom stereocenters. The van der Waals surface area contributed by atoms with Crippen molar-refractivity contribution in [3.05, 3.63) is 0 Å². The van der Waals surface area contributed by atoms with E-state index in [-0.39, 0.29) is 0 Å². The normalized spacial score (nSPS) is 16.7. The lowest BCUT2D eigenvalue weighted by atomic mass is 9.76. The summed E-state index contributed by atoms with van der Waals surface area (Å²) in [5.41, 5.74) is 1.74. The van der Waals surface area contributed by atoms with Gasteiger partial charge in [0.2, 0.25) is 0 Å². The van der Waals surface area contributed by atoms with Crippen LogP contribution in [0.2, 0.25) is 23.7 Å². The largest absolute Gasteiger partial charge is 0.381 e. The fourth-order valence-corrected chi connectivity index (χ4v) is 10.0. The maximum absolute atomic E-state index is 6.35. The van der Waals surface area contributed by atoms with Crippen molar-refractivity contribution < 1.29 is 4.74 Å². The van der Waals surface area contributed by atoms with Crippen molar-refractivity contribution >= 4 is 8.07 Å². The van der Waals surface area contributed by atoms with Crippen LogP contribution in [0.4, 0.5) is 0 Å². The molecule has 0 aliphatic carbocycles. The molecule has 0 aromatic rings. The molecule has 0 spiro atoms. The van der Waals surface area contributed by atoms with Crippen molar-refractivity contribution in [1.82, 2.24) is 0 Å². The van der Waals surface area contributed by atoms with E-state index >= 15 is 0 Å². The van der Waals surface area contributed by atoms with E-state index in [2.05, 4.69) is 83.1 Å². The van der Waals surface area contributed by atoms with E-state index in [1.165, 1.54) is 50.2 Å². The maximum Gasteiger partial charge on any atom is 0.0556 e. The van der Waals surface area contributed by atoms with Crippen LogP contribution in [0.1, 0.15) is 115 Å². The summed E-state index contributed by atoms with van der Waals surface area (Å²) in [7, 11) is -1.08. The molecular weight excluding hydrogens is 380 g/mol. The molecular formula is C28H60OSi. The summed E-state index contributed by atoms with van der Waals surface area (Å²) in [5, 5.41) is 0. The second kappa shape index (κ2) is 13.7. The standard InChI is InChI=1S/C28H60OSi/c1-13-30(14-2,23(3)4)19-15-18-29-22-26(25(6)21-28(10,11)12)17-16-24(5)20-27(7,8)9/h23-26H,13-22H2,1-12H3. The smallest absolute Gasteiger partial charge is 0.0556 e. The van der Waals surface area contributed by atoms with Crippen molar-refractivity contribution in [2.24, 2.45) is 28.6 Å². The molecule has 0 heterocycles. The van der Waals surface area contributed by atoms with E-state index in [9.17, 15) is 0 Å². The molecule has 1 nitrogen and oxygen atoms in total. The Bertz CT molecular complexity index is 425. The molecule has 0 fully saturated rings. The molecule has 0 aliphatic rings. The Labute approximate surface area is 193 Å². The number of ether oxygens (including phenoxy) is 1. The topological polar surface area (TPSA) is 9.23 Å². The lowest BCUT2D eigenvalue weighted by Gasteiger charge is -2.34. The van der Waals surface area contributed by atoms with Gasteiger partial charge in [0.1, 0.15) is 0 Å². The third-order valence-corrected chi connectivity index (χ3v) is 14.3. The first-order valence-electron chi connectivity index (χ1n) is 13.2. The molecule has 0 saturated carbocycles. The second-order valence-corrected chi connectivity index (χ2v) is 19.1. The quantitative estimate of drug-likeness (QED) is 0.182. The molecule has 2 heteroatoms. The van der Waals surface area contributed by atoms with Crippen LogP contribution in [0, 0.1) is 28.6 Å². The lowest BCUT2D eigenvalue weighted by molar-refractivity contribution is 0.0628. The van der Waals surface area contributed by atoms with E-state index in [4.69, 9.17) is 4.74 Å². The van der Waals surface area contributed by atoms with E-state index in [0.717, 1.165) is 30.6 Å². The highest BCUT2D eigenvalue weighted by Gasteiger charge is 2.31. The van der Waals surface area contributed by atoms with Gasteiger partial charge < -0.3 is 4.74 Å². The lowest BCUT2D eigenvalue weighted by Crippen LogP contribution is -2.36. The molecule has 3 unspecified atom stereocenters. The van der Waals surface area contributed by atoms with Gasteiger partial charge in [-0.2, -0.15) is 0 Å². The predicted molar refractivity (Wildman–Crippen MR) is 141 cm³/mol. The molecule has 0 amide bonds. The van der Waals surface area contributed by atoms with Crippen molar-refractivity contribution in [2.45, 2.75) is 139 Å². The van der Waals surface area contributed by atoms with Crippen LogP contribution >= 0.6 is 0 Å². The Morgan fingerprint density at radius 1 is 0.767 bits per heavy atom. The molecule has 0 saturated heterocycles. The minimum Gasteiger partial charge on any atom is -0.381 e. The summed E-state index contributed by atoms with van der Waals surface area (Å²) in [6, 6.07) is 4.30.